The molecule has 1 saturated heterocycles. The van der Waals surface area contributed by atoms with Gasteiger partial charge in [0.2, 0.25) is 0 Å². The smallest absolute Gasteiger partial charge is 0.317 e. The maximum absolute atomic E-state index is 12.9. The first kappa shape index (κ1) is 28.2. The number of nitrogens with one attached hydrogen (secondary N) is 3. The molecular formula is C27H29Cl2N9O3. The molecule has 1 fully saturated rings. The summed E-state index contributed by atoms with van der Waals surface area (Å²) in [5.41, 5.74) is 12.8. The van der Waals surface area contributed by atoms with Crippen molar-refractivity contribution in [2.24, 2.45) is 4.99 Å². The van der Waals surface area contributed by atoms with E-state index in [4.69, 9.17) is 39.4 Å². The average molecular weight is 598 g/mol. The highest BCUT2D eigenvalue weighted by Crippen LogP contribution is 2.26. The van der Waals surface area contributed by atoms with E-state index in [0.717, 1.165) is 16.9 Å². The van der Waals surface area contributed by atoms with E-state index in [-0.39, 0.29) is 34.1 Å². The van der Waals surface area contributed by atoms with Crippen LogP contribution in [-0.2, 0) is 13.2 Å². The van der Waals surface area contributed by atoms with Crippen molar-refractivity contribution in [3.05, 3.63) is 75.5 Å². The predicted octanol–water partition coefficient (Wildman–Crippen LogP) is 2.96. The minimum atomic E-state index is -0.599. The molecule has 12 nitrogen and oxygen atoms in total. The summed E-state index contributed by atoms with van der Waals surface area (Å²) in [6, 6.07) is 15.0. The molecule has 214 valence electrons. The normalized spacial score (nSPS) is 15.7. The summed E-state index contributed by atoms with van der Waals surface area (Å²) in [6.45, 7) is 2.34. The number of aromatic nitrogens is 2. The molecule has 2 aliphatic heterocycles. The standard InChI is InChI=1S/C27H29Cl2N9O3/c28-18-4-6-19(7-5-18)41-14-17-3-1-2-16(12-17)13-32-26(40)38-10-8-27(9-11-38)15-33-25(37-27)36-24(39)20-22(30)35-23(31)21(29)34-20/h1-7,12H,8-11,13-15H2,(H,32,40)(H4,30,31,35)(H2,33,36,37,39). The Morgan fingerprint density at radius 1 is 1.02 bits per heavy atom. The molecule has 3 aromatic rings. The summed E-state index contributed by atoms with van der Waals surface area (Å²) in [5, 5.41) is 9.51. The molecule has 3 heterocycles. The number of piperidine rings is 1. The lowest BCUT2D eigenvalue weighted by Crippen LogP contribution is -2.57. The van der Waals surface area contributed by atoms with Crippen LogP contribution in [0.1, 0.15) is 34.5 Å². The third-order valence-corrected chi connectivity index (χ3v) is 7.47. The van der Waals surface area contributed by atoms with E-state index in [1.54, 1.807) is 17.0 Å². The van der Waals surface area contributed by atoms with Crippen molar-refractivity contribution in [1.29, 1.82) is 0 Å². The van der Waals surface area contributed by atoms with Crippen LogP contribution in [0.3, 0.4) is 0 Å². The van der Waals surface area contributed by atoms with Crippen molar-refractivity contribution in [2.45, 2.75) is 31.5 Å². The fourth-order valence-corrected chi connectivity index (χ4v) is 4.90. The second kappa shape index (κ2) is 12.1. The second-order valence-corrected chi connectivity index (χ2v) is 10.7. The van der Waals surface area contributed by atoms with Crippen LogP contribution in [0.5, 0.6) is 5.75 Å². The molecule has 0 bridgehead atoms. The van der Waals surface area contributed by atoms with Gasteiger partial charge in [0.25, 0.3) is 5.91 Å². The Hall–Kier alpha value is -4.29. The van der Waals surface area contributed by atoms with Gasteiger partial charge in [0, 0.05) is 24.7 Å². The monoisotopic (exact) mass is 597 g/mol. The van der Waals surface area contributed by atoms with Crippen molar-refractivity contribution in [1.82, 2.24) is 30.8 Å². The third kappa shape index (κ3) is 6.90. The second-order valence-electron chi connectivity index (χ2n) is 9.87. The Morgan fingerprint density at radius 2 is 1.76 bits per heavy atom. The minimum Gasteiger partial charge on any atom is -0.489 e. The number of aliphatic imine (C=N–C) groups is 1. The number of urea groups is 1. The first-order valence-electron chi connectivity index (χ1n) is 12.9. The Balaban J connectivity index is 1.07. The number of hydrogen-bond acceptors (Lipinski definition) is 9. The molecule has 0 aliphatic carbocycles. The van der Waals surface area contributed by atoms with E-state index >= 15 is 0 Å². The Morgan fingerprint density at radius 3 is 2.51 bits per heavy atom. The lowest BCUT2D eigenvalue weighted by Gasteiger charge is -2.39. The van der Waals surface area contributed by atoms with Crippen LogP contribution in [0.4, 0.5) is 16.4 Å². The van der Waals surface area contributed by atoms with Gasteiger partial charge in [-0.15, -0.1) is 0 Å². The Bertz CT molecular complexity index is 1480. The number of nitrogens with zero attached hydrogens (tertiary/aromatic N) is 4. The zero-order chi connectivity index (χ0) is 29.0. The van der Waals surface area contributed by atoms with Gasteiger partial charge in [0.15, 0.2) is 28.4 Å². The molecule has 1 spiro atoms. The molecule has 1 aromatic heterocycles. The summed E-state index contributed by atoms with van der Waals surface area (Å²) in [4.78, 5) is 39.5. The molecule has 2 aliphatic rings. The van der Waals surface area contributed by atoms with Gasteiger partial charge in [0.1, 0.15) is 12.4 Å². The molecule has 14 heteroatoms. The zero-order valence-electron chi connectivity index (χ0n) is 22.0. The fraction of sp³-hybridized carbons (Fsp3) is 0.296. The number of guanidine groups is 1. The molecule has 3 amide bonds. The van der Waals surface area contributed by atoms with E-state index in [9.17, 15) is 9.59 Å². The van der Waals surface area contributed by atoms with E-state index < -0.39 is 5.91 Å². The number of benzene rings is 2. The molecule has 5 rings (SSSR count). The number of carbonyl (C=O) groups excluding carboxylic acids is 2. The summed E-state index contributed by atoms with van der Waals surface area (Å²) < 4.78 is 5.82. The van der Waals surface area contributed by atoms with Crippen molar-refractivity contribution in [3.8, 4) is 5.75 Å². The number of halogens is 2. The Kier molecular flexibility index (Phi) is 8.31. The number of rotatable bonds is 6. The van der Waals surface area contributed by atoms with Crippen LogP contribution >= 0.6 is 23.2 Å². The number of nitrogens with two attached hydrogens (primary N) is 2. The molecule has 0 unspecified atom stereocenters. The van der Waals surface area contributed by atoms with E-state index in [1.807, 2.05) is 36.4 Å². The molecule has 0 atom stereocenters. The first-order chi connectivity index (χ1) is 19.7. The Labute approximate surface area is 246 Å². The molecule has 2 aromatic carbocycles. The third-order valence-electron chi connectivity index (χ3n) is 6.94. The highest BCUT2D eigenvalue weighted by molar-refractivity contribution is 6.31. The van der Waals surface area contributed by atoms with Crippen molar-refractivity contribution in [3.63, 3.8) is 0 Å². The average Bonchev–Trinajstić information content (AvgIpc) is 3.35. The van der Waals surface area contributed by atoms with Gasteiger partial charge < -0.3 is 31.7 Å². The molecule has 7 N–H and O–H groups in total. The predicted molar refractivity (Wildman–Crippen MR) is 157 cm³/mol. The number of hydrogen-bond donors (Lipinski definition) is 5. The number of anilines is 2. The summed E-state index contributed by atoms with van der Waals surface area (Å²) >= 11 is 11.8. The van der Waals surface area contributed by atoms with Gasteiger partial charge in [-0.2, -0.15) is 0 Å². The highest BCUT2D eigenvalue weighted by atomic mass is 35.5. The number of ether oxygens (including phenoxy) is 1. The maximum Gasteiger partial charge on any atom is 0.317 e. The minimum absolute atomic E-state index is 0.0554. The lowest BCUT2D eigenvalue weighted by atomic mass is 9.88. The molecule has 41 heavy (non-hydrogen) atoms. The van der Waals surface area contributed by atoms with Gasteiger partial charge in [0.05, 0.1) is 12.1 Å². The van der Waals surface area contributed by atoms with Crippen LogP contribution in [-0.4, -0.2) is 57.9 Å². The largest absolute Gasteiger partial charge is 0.489 e. The summed E-state index contributed by atoms with van der Waals surface area (Å²) in [7, 11) is 0. The fourth-order valence-electron chi connectivity index (χ4n) is 4.64. The van der Waals surface area contributed by atoms with Crippen LogP contribution in [0.15, 0.2) is 53.5 Å². The van der Waals surface area contributed by atoms with Crippen molar-refractivity contribution >= 4 is 52.7 Å². The van der Waals surface area contributed by atoms with Crippen molar-refractivity contribution in [2.75, 3.05) is 31.1 Å². The number of nitrogen functional groups attached to an aromatic ring is 2. The number of carbonyl (C=O) groups is 2. The zero-order valence-corrected chi connectivity index (χ0v) is 23.5. The van der Waals surface area contributed by atoms with Crippen molar-refractivity contribution < 1.29 is 14.3 Å². The summed E-state index contributed by atoms with van der Waals surface area (Å²) in [6.07, 6.45) is 1.33. The van der Waals surface area contributed by atoms with Gasteiger partial charge in [-0.3, -0.25) is 15.1 Å². The first-order valence-corrected chi connectivity index (χ1v) is 13.7. The maximum atomic E-state index is 12.9. The SMILES string of the molecule is Nc1nc(N)c(C(=O)NC2=NCC3(CCN(C(=O)NCc4cccc(COc5ccc(Cl)cc5)c4)CC3)N2)nc1Cl. The molecular weight excluding hydrogens is 569 g/mol. The molecule has 0 saturated carbocycles. The topological polar surface area (TPSA) is 173 Å². The van der Waals surface area contributed by atoms with Gasteiger partial charge in [-0.1, -0.05) is 47.5 Å². The lowest BCUT2D eigenvalue weighted by molar-refractivity contribution is 0.0971. The van der Waals surface area contributed by atoms with E-state index in [2.05, 4.69) is 30.9 Å². The number of amides is 3. The quantitative estimate of drug-likeness (QED) is 0.288. The van der Waals surface area contributed by atoms with E-state index in [0.29, 0.717) is 56.6 Å². The number of likely N-dealkylation sites (tertiary alicyclic amines) is 1. The molecule has 0 radical (unpaired) electrons. The van der Waals surface area contributed by atoms with E-state index in [1.165, 1.54) is 0 Å². The van der Waals surface area contributed by atoms with Gasteiger partial charge in [-0.05, 0) is 48.2 Å². The van der Waals surface area contributed by atoms with Gasteiger partial charge >= 0.3 is 6.03 Å². The van der Waals surface area contributed by atoms with Crippen LogP contribution in [0.2, 0.25) is 10.2 Å². The van der Waals surface area contributed by atoms with Crippen LogP contribution in [0, 0.1) is 0 Å². The van der Waals surface area contributed by atoms with Gasteiger partial charge in [-0.25, -0.2) is 14.8 Å². The highest BCUT2D eigenvalue weighted by Gasteiger charge is 2.40. The van der Waals surface area contributed by atoms with Crippen LogP contribution in [0.25, 0.3) is 0 Å². The van der Waals surface area contributed by atoms with Crippen LogP contribution < -0.4 is 32.2 Å². The summed E-state index contributed by atoms with van der Waals surface area (Å²) in [5.74, 6) is 0.258.